The van der Waals surface area contributed by atoms with Crippen LogP contribution in [0.5, 0.6) is 0 Å². The molecule has 1 aliphatic rings. The highest BCUT2D eigenvalue weighted by atomic mass is 35.5. The number of piperidine rings is 1. The van der Waals surface area contributed by atoms with Gasteiger partial charge >= 0.3 is 0 Å². The van der Waals surface area contributed by atoms with Crippen molar-refractivity contribution in [2.45, 2.75) is 44.6 Å². The van der Waals surface area contributed by atoms with Gasteiger partial charge in [0.1, 0.15) is 17.3 Å². The normalized spacial score (nSPS) is 26.0. The van der Waals surface area contributed by atoms with Crippen LogP contribution in [0.3, 0.4) is 0 Å². The second-order valence-corrected chi connectivity index (χ2v) is 6.38. The topological polar surface area (TPSA) is 46.1 Å². The van der Waals surface area contributed by atoms with Crippen molar-refractivity contribution < 1.29 is 25.9 Å². The van der Waals surface area contributed by atoms with E-state index < -0.39 is 67.9 Å². The number of benzene rings is 1. The Morgan fingerprint density at radius 1 is 1.41 bits per heavy atom. The molecule has 1 aromatic heterocycles. The Labute approximate surface area is 175 Å². The fourth-order valence-electron chi connectivity index (χ4n) is 2.44. The third-order valence-electron chi connectivity index (χ3n) is 3.90. The van der Waals surface area contributed by atoms with Crippen LogP contribution in [-0.4, -0.2) is 39.4 Å². The van der Waals surface area contributed by atoms with Crippen molar-refractivity contribution in [2.75, 3.05) is 13.0 Å². The van der Waals surface area contributed by atoms with Crippen LogP contribution in [0, 0.1) is 12.7 Å². The molecule has 0 spiro atoms. The Balaban J connectivity index is 1.82. The second-order valence-electron chi connectivity index (χ2n) is 5.97. The first-order chi connectivity index (χ1) is 16.3. The number of aromatic nitrogens is 2. The molecule has 2 heterocycles. The summed E-state index contributed by atoms with van der Waals surface area (Å²) in [7, 11) is 0. The molecular formula is C20H22ClF2N3O. The predicted octanol–water partition coefficient (Wildman–Crippen LogP) is 4.54. The van der Waals surface area contributed by atoms with Gasteiger partial charge < -0.3 is 4.90 Å². The van der Waals surface area contributed by atoms with Crippen LogP contribution in [-0.2, 0) is 6.42 Å². The summed E-state index contributed by atoms with van der Waals surface area (Å²) in [6.07, 6.45) is -3.81. The number of amides is 1. The number of halogens is 3. The Kier molecular flexibility index (Phi) is 3.40. The third kappa shape index (κ3) is 5.01. The van der Waals surface area contributed by atoms with E-state index >= 15 is 4.39 Å². The van der Waals surface area contributed by atoms with Crippen molar-refractivity contribution in [2.24, 2.45) is 0 Å². The zero-order valence-electron chi connectivity index (χ0n) is 23.1. The lowest BCUT2D eigenvalue weighted by Crippen LogP contribution is -2.44. The van der Waals surface area contributed by atoms with Gasteiger partial charge in [0.15, 0.2) is 0 Å². The van der Waals surface area contributed by atoms with Crippen molar-refractivity contribution in [1.82, 2.24) is 14.9 Å². The van der Waals surface area contributed by atoms with Gasteiger partial charge in [-0.15, -0.1) is 0 Å². The molecule has 0 atom stereocenters. The van der Waals surface area contributed by atoms with E-state index in [1.165, 1.54) is 0 Å². The predicted molar refractivity (Wildman–Crippen MR) is 100 cm³/mol. The van der Waals surface area contributed by atoms with Gasteiger partial charge in [-0.25, -0.2) is 18.7 Å². The molecular weight excluding hydrogens is 372 g/mol. The van der Waals surface area contributed by atoms with Gasteiger partial charge in [0.05, 0.1) is 5.02 Å². The van der Waals surface area contributed by atoms with Crippen molar-refractivity contribution in [3.8, 4) is 0 Å². The third-order valence-corrected chi connectivity index (χ3v) is 4.19. The van der Waals surface area contributed by atoms with Crippen LogP contribution in [0.2, 0.25) is 5.02 Å². The average molecular weight is 403 g/mol. The molecule has 0 radical (unpaired) electrons. The molecule has 144 valence electrons. The molecule has 0 unspecified atom stereocenters. The Morgan fingerprint density at radius 3 is 2.74 bits per heavy atom. The van der Waals surface area contributed by atoms with Crippen molar-refractivity contribution in [3.63, 3.8) is 0 Å². The Morgan fingerprint density at radius 2 is 2.11 bits per heavy atom. The van der Waals surface area contributed by atoms with E-state index in [1.807, 2.05) is 0 Å². The monoisotopic (exact) mass is 402 g/mol. The molecule has 27 heavy (non-hydrogen) atoms. The number of rotatable bonds is 5. The highest BCUT2D eigenvalue weighted by molar-refractivity contribution is 6.31. The number of nitrogens with zero attached hydrogens (tertiary/aromatic N) is 3. The molecule has 2 aromatic rings. The van der Waals surface area contributed by atoms with Crippen LogP contribution in [0.25, 0.3) is 0 Å². The molecule has 1 saturated heterocycles. The molecule has 4 nitrogen and oxygen atoms in total. The number of carbonyl (C=O) groups is 1. The minimum Gasteiger partial charge on any atom is -0.338 e. The van der Waals surface area contributed by atoms with Gasteiger partial charge in [-0.2, -0.15) is 0 Å². The van der Waals surface area contributed by atoms with Crippen LogP contribution >= 0.6 is 11.6 Å². The first-order valence-electron chi connectivity index (χ1n) is 12.6. The van der Waals surface area contributed by atoms with Crippen LogP contribution in [0.4, 0.5) is 8.78 Å². The Hall–Kier alpha value is -2.08. The van der Waals surface area contributed by atoms with Crippen molar-refractivity contribution in [3.05, 3.63) is 58.4 Å². The zero-order valence-corrected chi connectivity index (χ0v) is 14.9. The fraction of sp³-hybridized carbons (Fsp3) is 0.450. The number of aryl methyl sites for hydroxylation is 2. The minimum absolute atomic E-state index is 0.0299. The maximum Gasteiger partial charge on any atom is 0.253 e. The van der Waals surface area contributed by atoms with Gasteiger partial charge in [0.25, 0.3) is 5.91 Å². The summed E-state index contributed by atoms with van der Waals surface area (Å²) < 4.78 is 101. The van der Waals surface area contributed by atoms with Gasteiger partial charge in [-0.3, -0.25) is 4.79 Å². The van der Waals surface area contributed by atoms with Crippen molar-refractivity contribution >= 4 is 17.5 Å². The smallest absolute Gasteiger partial charge is 0.253 e. The van der Waals surface area contributed by atoms with Gasteiger partial charge in [-0.1, -0.05) is 11.6 Å². The number of hydrogen-bond donors (Lipinski definition) is 0. The summed E-state index contributed by atoms with van der Waals surface area (Å²) in [4.78, 5) is 20.9. The molecule has 1 fully saturated rings. The lowest BCUT2D eigenvalue weighted by Gasteiger charge is -2.36. The molecule has 3 rings (SSSR count). The lowest BCUT2D eigenvalue weighted by atomic mass is 9.88. The fourth-order valence-corrected chi connectivity index (χ4v) is 2.62. The molecule has 0 aliphatic carbocycles. The second kappa shape index (κ2) is 8.30. The zero-order chi connectivity index (χ0) is 27.3. The quantitative estimate of drug-likeness (QED) is 0.737. The average Bonchev–Trinajstić information content (AvgIpc) is 2.71. The number of alkyl halides is 1. The minimum atomic E-state index is -3.03. The standard InChI is InChI=1S/C20H22ClF2N3O/c1-14-12-24-18(25-13-14)3-2-6-20(23)7-9-26(10-8-20)19(27)15-4-5-17(22)16(21)11-15/h4-5,11-13H,2-3,6-10H2,1H3/i1D3,6D2,9D2,10D2. The highest BCUT2D eigenvalue weighted by Gasteiger charge is 2.35. The highest BCUT2D eigenvalue weighted by Crippen LogP contribution is 2.32. The van der Waals surface area contributed by atoms with Crippen LogP contribution in [0.15, 0.2) is 30.6 Å². The Bertz CT molecular complexity index is 1130. The van der Waals surface area contributed by atoms with Gasteiger partial charge in [-0.05, 0) is 56.2 Å². The maximum atomic E-state index is 16.0. The largest absolute Gasteiger partial charge is 0.338 e. The summed E-state index contributed by atoms with van der Waals surface area (Å²) >= 11 is 5.68. The first-order valence-corrected chi connectivity index (χ1v) is 8.47. The number of hydrogen-bond acceptors (Lipinski definition) is 3. The molecule has 7 heteroatoms. The molecule has 1 aromatic carbocycles. The van der Waals surface area contributed by atoms with Crippen molar-refractivity contribution in [1.29, 1.82) is 0 Å². The van der Waals surface area contributed by atoms with Gasteiger partial charge in [0, 0.05) is 49.7 Å². The number of carbonyl (C=O) groups excluding carboxylic acids is 1. The summed E-state index contributed by atoms with van der Waals surface area (Å²) in [6, 6.07) is 2.75. The molecule has 0 bridgehead atoms. The molecule has 1 aliphatic heterocycles. The summed E-state index contributed by atoms with van der Waals surface area (Å²) in [6.45, 7) is -8.35. The van der Waals surface area contributed by atoms with E-state index in [2.05, 4.69) is 9.97 Å². The molecule has 0 saturated carbocycles. The molecule has 0 N–H and O–H groups in total. The molecule has 1 amide bonds. The summed E-state index contributed by atoms with van der Waals surface area (Å²) in [5.41, 5.74) is -3.48. The van der Waals surface area contributed by atoms with Crippen LogP contribution < -0.4 is 0 Å². The van der Waals surface area contributed by atoms with E-state index in [9.17, 15) is 9.18 Å². The number of likely N-dealkylation sites (tertiary alicyclic amines) is 1. The van der Waals surface area contributed by atoms with E-state index in [4.69, 9.17) is 23.9 Å². The first kappa shape index (κ1) is 11.1. The van der Waals surface area contributed by atoms with E-state index in [-0.39, 0.29) is 28.3 Å². The van der Waals surface area contributed by atoms with E-state index in [0.29, 0.717) is 0 Å². The van der Waals surface area contributed by atoms with E-state index in [0.717, 1.165) is 30.6 Å². The summed E-state index contributed by atoms with van der Waals surface area (Å²) in [5, 5.41) is -0.440. The van der Waals surface area contributed by atoms with Crippen LogP contribution in [0.1, 0.15) is 59.7 Å². The van der Waals surface area contributed by atoms with Gasteiger partial charge in [0.2, 0.25) is 0 Å². The summed E-state index contributed by atoms with van der Waals surface area (Å²) in [5.74, 6) is -2.01. The lowest BCUT2D eigenvalue weighted by molar-refractivity contribution is 0.0389. The SMILES string of the molecule is [2H]C([2H])([2H])c1cnc(CCC([2H])([2H])C2(F)CC([2H])([2H])N(C(=O)c3ccc(F)c(Cl)c3)C([2H])([2H])C2)nc1. The maximum absolute atomic E-state index is 16.0. The van der Waals surface area contributed by atoms with E-state index in [1.54, 1.807) is 0 Å².